The Morgan fingerprint density at radius 1 is 0.429 bits per heavy atom. The van der Waals surface area contributed by atoms with Crippen LogP contribution in [0.3, 0.4) is 0 Å². The van der Waals surface area contributed by atoms with Gasteiger partial charge in [0.05, 0.1) is 28.3 Å². The number of benzene rings is 9. The van der Waals surface area contributed by atoms with E-state index in [0.29, 0.717) is 0 Å². The molecular weight excluding hydrogens is 765 g/mol. The van der Waals surface area contributed by atoms with Crippen LogP contribution < -0.4 is 10.6 Å². The van der Waals surface area contributed by atoms with Gasteiger partial charge < -0.3 is 9.88 Å². The maximum absolute atomic E-state index is 5.48. The molecule has 0 radical (unpaired) electrons. The fourth-order valence-electron chi connectivity index (χ4n) is 9.61. The van der Waals surface area contributed by atoms with Gasteiger partial charge in [-0.3, -0.25) is 5.32 Å². The number of hydrogen-bond donors (Lipinski definition) is 2. The summed E-state index contributed by atoms with van der Waals surface area (Å²) in [6, 6.07) is 80.6. The summed E-state index contributed by atoms with van der Waals surface area (Å²) in [5.41, 5.74) is 15.8. The van der Waals surface area contributed by atoms with Gasteiger partial charge in [-0.2, -0.15) is 0 Å². The third kappa shape index (κ3) is 6.56. The summed E-state index contributed by atoms with van der Waals surface area (Å²) in [5.74, 6) is 0. The maximum Gasteiger partial charge on any atom is 0.104 e. The normalized spacial score (nSPS) is 15.1. The van der Waals surface area contributed by atoms with Crippen LogP contribution in [0.15, 0.2) is 231 Å². The van der Waals surface area contributed by atoms with Crippen LogP contribution in [-0.2, 0) is 0 Å². The number of para-hydroxylation sites is 2. The lowest BCUT2D eigenvalue weighted by molar-refractivity contribution is 0.442. The SMILES string of the molecule is C1=C(c2ccc(-n3c4ccccc4c4ccccc43)cc2)NC(c2ccccc2)NC1c1ccc(-c2cc3ccccc3c3c(-c4ccccc4)cc(-c4ccccc4)nc23)cc1. The highest BCUT2D eigenvalue weighted by Crippen LogP contribution is 2.42. The molecule has 2 N–H and O–H groups in total. The van der Waals surface area contributed by atoms with Crippen LogP contribution in [0.5, 0.6) is 0 Å². The molecule has 0 spiro atoms. The first-order valence-electron chi connectivity index (χ1n) is 21.7. The molecule has 2 unspecified atom stereocenters. The van der Waals surface area contributed by atoms with Crippen LogP contribution in [0.4, 0.5) is 0 Å². The molecule has 2 atom stereocenters. The van der Waals surface area contributed by atoms with Gasteiger partial charge in [-0.15, -0.1) is 0 Å². The van der Waals surface area contributed by atoms with Crippen molar-refractivity contribution in [1.82, 2.24) is 20.2 Å². The monoisotopic (exact) mass is 806 g/mol. The van der Waals surface area contributed by atoms with E-state index < -0.39 is 0 Å². The first-order valence-corrected chi connectivity index (χ1v) is 21.7. The van der Waals surface area contributed by atoms with Crippen molar-refractivity contribution in [2.75, 3.05) is 0 Å². The van der Waals surface area contributed by atoms with E-state index in [9.17, 15) is 0 Å². The molecule has 0 fully saturated rings. The Morgan fingerprint density at radius 2 is 0.984 bits per heavy atom. The van der Waals surface area contributed by atoms with Gasteiger partial charge in [0, 0.05) is 38.7 Å². The molecule has 1 aliphatic heterocycles. The quantitative estimate of drug-likeness (QED) is 0.158. The van der Waals surface area contributed by atoms with Crippen LogP contribution in [0, 0.1) is 0 Å². The Kier molecular flexibility index (Phi) is 9.02. The molecule has 0 saturated heterocycles. The largest absolute Gasteiger partial charge is 0.366 e. The van der Waals surface area contributed by atoms with Gasteiger partial charge in [-0.1, -0.05) is 188 Å². The molecule has 3 heterocycles. The van der Waals surface area contributed by atoms with Crippen molar-refractivity contribution in [1.29, 1.82) is 0 Å². The third-order valence-electron chi connectivity index (χ3n) is 12.7. The van der Waals surface area contributed by atoms with Crippen LogP contribution in [0.25, 0.3) is 88.4 Å². The molecule has 9 aromatic carbocycles. The number of rotatable bonds is 7. The van der Waals surface area contributed by atoms with E-state index >= 15 is 0 Å². The molecule has 63 heavy (non-hydrogen) atoms. The number of nitrogens with zero attached hydrogens (tertiary/aromatic N) is 2. The minimum absolute atomic E-state index is 0.0432. The van der Waals surface area contributed by atoms with E-state index in [2.05, 4.69) is 246 Å². The predicted octanol–water partition coefficient (Wildman–Crippen LogP) is 14.5. The minimum atomic E-state index is -0.0886. The van der Waals surface area contributed by atoms with Crippen LogP contribution in [0.2, 0.25) is 0 Å². The number of nitrogens with one attached hydrogen (secondary N) is 2. The van der Waals surface area contributed by atoms with Crippen LogP contribution >= 0.6 is 0 Å². The van der Waals surface area contributed by atoms with Crippen molar-refractivity contribution in [3.05, 3.63) is 247 Å². The summed E-state index contributed by atoms with van der Waals surface area (Å²) in [7, 11) is 0. The average molecular weight is 807 g/mol. The molecule has 11 aromatic rings. The van der Waals surface area contributed by atoms with Gasteiger partial charge in [0.25, 0.3) is 0 Å². The molecule has 0 amide bonds. The van der Waals surface area contributed by atoms with E-state index in [1.807, 2.05) is 0 Å². The standard InChI is InChI=1S/C59H42N4/c1-4-16-39(17-5-1)50-37-52(41-18-6-2-7-19-41)60-58-51(36-45-22-10-11-23-47(45)57(50)58)40-28-30-42(31-29-40)53-38-54(62-59(61-53)44-20-8-3-9-21-44)43-32-34-46(35-33-43)63-55-26-14-12-24-48(55)49-25-13-15-27-56(49)63/h1-38,53,59,61-62H. The van der Waals surface area contributed by atoms with Gasteiger partial charge >= 0.3 is 0 Å². The molecule has 4 nitrogen and oxygen atoms in total. The zero-order valence-corrected chi connectivity index (χ0v) is 34.5. The van der Waals surface area contributed by atoms with Crippen LogP contribution in [-0.4, -0.2) is 9.55 Å². The van der Waals surface area contributed by atoms with Gasteiger partial charge in [-0.25, -0.2) is 4.98 Å². The summed E-state index contributed by atoms with van der Waals surface area (Å²) in [6.45, 7) is 0. The van der Waals surface area contributed by atoms with E-state index in [4.69, 9.17) is 4.98 Å². The fraction of sp³-hybridized carbons (Fsp3) is 0.0339. The summed E-state index contributed by atoms with van der Waals surface area (Å²) in [6.07, 6.45) is 2.24. The number of pyridine rings is 1. The van der Waals surface area contributed by atoms with E-state index in [0.717, 1.165) is 44.8 Å². The van der Waals surface area contributed by atoms with Gasteiger partial charge in [0.1, 0.15) is 6.17 Å². The zero-order chi connectivity index (χ0) is 41.7. The second kappa shape index (κ2) is 15.4. The third-order valence-corrected chi connectivity index (χ3v) is 12.7. The summed E-state index contributed by atoms with van der Waals surface area (Å²) < 4.78 is 2.37. The Hall–Kier alpha value is -8.05. The molecule has 298 valence electrons. The van der Waals surface area contributed by atoms with Crippen molar-refractivity contribution in [2.45, 2.75) is 12.2 Å². The first kappa shape index (κ1) is 36.8. The lowest BCUT2D eigenvalue weighted by atomic mass is 9.90. The molecule has 2 aromatic heterocycles. The van der Waals surface area contributed by atoms with Gasteiger partial charge in [0.15, 0.2) is 0 Å². The summed E-state index contributed by atoms with van der Waals surface area (Å²) >= 11 is 0. The first-order chi connectivity index (χ1) is 31.2. The topological polar surface area (TPSA) is 41.9 Å². The van der Waals surface area contributed by atoms with E-state index in [1.54, 1.807) is 0 Å². The lowest BCUT2D eigenvalue weighted by Crippen LogP contribution is -2.39. The summed E-state index contributed by atoms with van der Waals surface area (Å²) in [4.78, 5) is 5.48. The van der Waals surface area contributed by atoms with Crippen molar-refractivity contribution in [3.63, 3.8) is 0 Å². The Labute approximate surface area is 366 Å². The molecule has 1 aliphatic rings. The number of hydrogen-bond acceptors (Lipinski definition) is 3. The zero-order valence-electron chi connectivity index (χ0n) is 34.5. The number of aromatic nitrogens is 2. The second-order valence-corrected chi connectivity index (χ2v) is 16.4. The second-order valence-electron chi connectivity index (χ2n) is 16.4. The van der Waals surface area contributed by atoms with E-state index in [-0.39, 0.29) is 12.2 Å². The minimum Gasteiger partial charge on any atom is -0.366 e. The van der Waals surface area contributed by atoms with Crippen molar-refractivity contribution in [2.24, 2.45) is 0 Å². The van der Waals surface area contributed by atoms with Crippen molar-refractivity contribution < 1.29 is 0 Å². The molecular formula is C59H42N4. The molecule has 4 heteroatoms. The average Bonchev–Trinajstić information content (AvgIpc) is 3.71. The van der Waals surface area contributed by atoms with Gasteiger partial charge in [0.2, 0.25) is 0 Å². The van der Waals surface area contributed by atoms with Crippen molar-refractivity contribution >= 4 is 49.2 Å². The van der Waals surface area contributed by atoms with E-state index in [1.165, 1.54) is 60.2 Å². The smallest absolute Gasteiger partial charge is 0.104 e. The molecule has 0 bridgehead atoms. The number of fused-ring (bicyclic) bond motifs is 6. The Bertz CT molecular complexity index is 3430. The molecule has 0 aliphatic carbocycles. The maximum atomic E-state index is 5.48. The fourth-order valence-corrected chi connectivity index (χ4v) is 9.61. The predicted molar refractivity (Wildman–Crippen MR) is 263 cm³/mol. The lowest BCUT2D eigenvalue weighted by Gasteiger charge is -2.33. The van der Waals surface area contributed by atoms with Crippen LogP contribution in [0.1, 0.15) is 28.9 Å². The molecule has 0 saturated carbocycles. The van der Waals surface area contributed by atoms with Crippen molar-refractivity contribution in [3.8, 4) is 39.2 Å². The van der Waals surface area contributed by atoms with Gasteiger partial charge in [-0.05, 0) is 86.6 Å². The highest BCUT2D eigenvalue weighted by Gasteiger charge is 2.25. The summed E-state index contributed by atoms with van der Waals surface area (Å²) in [5, 5.41) is 13.9. The Balaban J connectivity index is 0.954. The Morgan fingerprint density at radius 3 is 1.67 bits per heavy atom. The highest BCUT2D eigenvalue weighted by molar-refractivity contribution is 6.18. The molecule has 12 rings (SSSR count). The highest BCUT2D eigenvalue weighted by atomic mass is 15.2.